The SMILES string of the molecule is CC1(C)c2cccc(-c3ccc(-c4c5ccccc5c(-c5cccc(-c6cccc7c6oc6ccccc67)c5)c5ccccc45)cc3)c2-c2c1c1ccccc1c1ccccc21.CC1(C)c2cccc(-c3ccc(-c4c5ccccc5c(-c5cccc(-c6ccccc6)c5)c5ccccc45)cc3)c2-c2c1c1ccccc1c1ccccc21. The first-order valence-electron chi connectivity index (χ1n) is 41.0. The summed E-state index contributed by atoms with van der Waals surface area (Å²) in [6, 6.07) is 148. The van der Waals surface area contributed by atoms with Gasteiger partial charge in [0.1, 0.15) is 11.2 Å². The Morgan fingerprint density at radius 2 is 0.436 bits per heavy atom. The summed E-state index contributed by atoms with van der Waals surface area (Å²) in [7, 11) is 0. The van der Waals surface area contributed by atoms with Crippen molar-refractivity contribution in [3.8, 4) is 111 Å². The molecule has 0 spiro atoms. The topological polar surface area (TPSA) is 13.1 Å². The monoisotopic (exact) mass is 1490 g/mol. The van der Waals surface area contributed by atoms with Crippen LogP contribution < -0.4 is 0 Å². The van der Waals surface area contributed by atoms with Gasteiger partial charge in [0, 0.05) is 27.2 Å². The van der Waals surface area contributed by atoms with E-state index in [1.807, 2.05) is 6.07 Å². The van der Waals surface area contributed by atoms with E-state index in [0.29, 0.717) is 0 Å². The van der Waals surface area contributed by atoms with Crippen molar-refractivity contribution in [1.29, 1.82) is 0 Å². The lowest BCUT2D eigenvalue weighted by Crippen LogP contribution is -2.15. The number of rotatable bonds is 8. The Balaban J connectivity index is 0.000000139. The second kappa shape index (κ2) is 26.6. The second-order valence-electron chi connectivity index (χ2n) is 33.0. The molecule has 1 heteroatoms. The molecule has 1 nitrogen and oxygen atoms in total. The van der Waals surface area contributed by atoms with Crippen molar-refractivity contribution < 1.29 is 4.42 Å². The minimum absolute atomic E-state index is 0.134. The minimum Gasteiger partial charge on any atom is -0.455 e. The quantitative estimate of drug-likeness (QED) is 0.109. The lowest BCUT2D eigenvalue weighted by molar-refractivity contribution is 0.666. The van der Waals surface area contributed by atoms with Gasteiger partial charge in [0.05, 0.1) is 0 Å². The van der Waals surface area contributed by atoms with Gasteiger partial charge >= 0.3 is 0 Å². The van der Waals surface area contributed by atoms with Crippen LogP contribution in [0.1, 0.15) is 49.9 Å². The zero-order valence-electron chi connectivity index (χ0n) is 65.5. The van der Waals surface area contributed by atoms with Crippen LogP contribution in [0.2, 0.25) is 0 Å². The van der Waals surface area contributed by atoms with Gasteiger partial charge in [-0.25, -0.2) is 0 Å². The molecule has 0 bridgehead atoms. The highest BCUT2D eigenvalue weighted by molar-refractivity contribution is 6.26. The van der Waals surface area contributed by atoms with Crippen LogP contribution in [0.15, 0.2) is 405 Å². The molecule has 2 aliphatic carbocycles. The molecule has 0 radical (unpaired) electrons. The van der Waals surface area contributed by atoms with Crippen LogP contribution in [0.3, 0.4) is 0 Å². The zero-order chi connectivity index (χ0) is 77.8. The fourth-order valence-electron chi connectivity index (χ4n) is 21.0. The fraction of sp³-hybridized carbons (Fsp3) is 0.0517. The van der Waals surface area contributed by atoms with E-state index < -0.39 is 0 Å². The largest absolute Gasteiger partial charge is 0.455 e. The van der Waals surface area contributed by atoms with Crippen molar-refractivity contribution in [2.45, 2.75) is 38.5 Å². The Labute approximate surface area is 680 Å². The van der Waals surface area contributed by atoms with Crippen molar-refractivity contribution in [1.82, 2.24) is 0 Å². The highest BCUT2D eigenvalue weighted by Crippen LogP contribution is 2.60. The third-order valence-electron chi connectivity index (χ3n) is 26.0. The van der Waals surface area contributed by atoms with Crippen molar-refractivity contribution in [2.24, 2.45) is 0 Å². The lowest BCUT2D eigenvalue weighted by Gasteiger charge is -2.24. The molecule has 1 heterocycles. The summed E-state index contributed by atoms with van der Waals surface area (Å²) in [5.74, 6) is 0. The van der Waals surface area contributed by atoms with Gasteiger partial charge in [-0.15, -0.1) is 0 Å². The summed E-state index contributed by atoms with van der Waals surface area (Å²) in [4.78, 5) is 0. The van der Waals surface area contributed by atoms with E-state index in [1.54, 1.807) is 0 Å². The maximum absolute atomic E-state index is 6.50. The summed E-state index contributed by atoms with van der Waals surface area (Å²) in [5, 5.41) is 23.0. The van der Waals surface area contributed by atoms with Gasteiger partial charge in [-0.3, -0.25) is 0 Å². The third-order valence-corrected chi connectivity index (χ3v) is 26.0. The number of benzene rings is 21. The van der Waals surface area contributed by atoms with Crippen LogP contribution in [-0.4, -0.2) is 0 Å². The Bertz CT molecular complexity index is 7790. The normalized spacial score (nSPS) is 13.1. The maximum Gasteiger partial charge on any atom is 0.143 e. The third kappa shape index (κ3) is 10.4. The van der Waals surface area contributed by atoms with Crippen LogP contribution in [0, 0.1) is 0 Å². The van der Waals surface area contributed by atoms with E-state index in [0.717, 1.165) is 33.1 Å². The summed E-state index contributed by atoms with van der Waals surface area (Å²) in [5.41, 5.74) is 32.4. The average molecular weight is 1490 g/mol. The smallest absolute Gasteiger partial charge is 0.143 e. The second-order valence-corrected chi connectivity index (χ2v) is 33.0. The van der Waals surface area contributed by atoms with Crippen LogP contribution >= 0.6 is 0 Å². The first kappa shape index (κ1) is 68.1. The Kier molecular flexibility index (Phi) is 15.5. The fourth-order valence-corrected chi connectivity index (χ4v) is 21.0. The highest BCUT2D eigenvalue weighted by Gasteiger charge is 2.42. The highest BCUT2D eigenvalue weighted by atomic mass is 16.3. The van der Waals surface area contributed by atoms with E-state index in [2.05, 4.69) is 422 Å². The van der Waals surface area contributed by atoms with Gasteiger partial charge in [-0.1, -0.05) is 410 Å². The number of hydrogen-bond acceptors (Lipinski definition) is 1. The van der Waals surface area contributed by atoms with Gasteiger partial charge in [-0.2, -0.15) is 0 Å². The molecule has 0 amide bonds. The number of fused-ring (bicyclic) bond motifs is 23. The van der Waals surface area contributed by atoms with Crippen LogP contribution in [0.4, 0.5) is 0 Å². The molecule has 0 unspecified atom stereocenters. The molecular formula is C116H78O. The summed E-state index contributed by atoms with van der Waals surface area (Å²) < 4.78 is 6.50. The van der Waals surface area contributed by atoms with Gasteiger partial charge in [0.15, 0.2) is 0 Å². The molecule has 0 atom stereocenters. The number of hydrogen-bond donors (Lipinski definition) is 0. The van der Waals surface area contributed by atoms with Gasteiger partial charge < -0.3 is 4.42 Å². The van der Waals surface area contributed by atoms with Crippen LogP contribution in [0.25, 0.3) is 219 Å². The van der Waals surface area contributed by atoms with E-state index >= 15 is 0 Å². The van der Waals surface area contributed by atoms with Crippen LogP contribution in [-0.2, 0) is 10.8 Å². The van der Waals surface area contributed by atoms with Crippen molar-refractivity contribution in [3.05, 3.63) is 423 Å². The molecule has 0 saturated carbocycles. The Morgan fingerprint density at radius 3 is 0.855 bits per heavy atom. The summed E-state index contributed by atoms with van der Waals surface area (Å²) in [6.45, 7) is 9.62. The van der Waals surface area contributed by atoms with E-state index in [4.69, 9.17) is 4.42 Å². The summed E-state index contributed by atoms with van der Waals surface area (Å²) in [6.07, 6.45) is 0. The molecule has 0 saturated heterocycles. The van der Waals surface area contributed by atoms with E-state index in [1.165, 1.54) is 209 Å². The molecule has 24 rings (SSSR count). The van der Waals surface area contributed by atoms with Crippen LogP contribution in [0.5, 0.6) is 0 Å². The molecule has 0 N–H and O–H groups in total. The molecule has 1 aromatic heterocycles. The van der Waals surface area contributed by atoms with E-state index in [-0.39, 0.29) is 10.8 Å². The number of furan rings is 1. The molecule has 117 heavy (non-hydrogen) atoms. The standard InChI is InChI=1S/C61H40O.C55H38/c1-61(2)53-30-15-27-41(57(53)58-46-21-5-3-18-43(46)44-19-4-10-26-51(44)59(58)61)37-32-34-38(35-33-37)55-47-22-6-8-24-49(47)56(50-25-9-7-23-48(50)55)40-17-13-16-39(36-40)42-28-14-29-52-45-20-11-12-31-54(45)62-60(42)52;1-55(2)49-29-15-28-40(52(49)53-43-22-8-6-20-41(43)42-21-7-13-27-48(42)54(53)55)36-30-32-37(33-31-36)50-44-23-9-11-25-46(44)51(47-26-12-10-24-45(47)50)39-19-14-18-38(34-39)35-16-4-3-5-17-35/h3-36H,1-2H3;3-34H,1-2H3. The molecule has 22 aromatic rings. The first-order valence-corrected chi connectivity index (χ1v) is 41.0. The molecule has 21 aromatic carbocycles. The molecule has 2 aliphatic rings. The molecule has 0 fully saturated rings. The van der Waals surface area contributed by atoms with Gasteiger partial charge in [0.25, 0.3) is 0 Å². The maximum atomic E-state index is 6.50. The van der Waals surface area contributed by atoms with Crippen molar-refractivity contribution in [3.63, 3.8) is 0 Å². The molecule has 0 aliphatic heterocycles. The number of para-hydroxylation sites is 2. The Morgan fingerprint density at radius 1 is 0.162 bits per heavy atom. The predicted molar refractivity (Wildman–Crippen MR) is 499 cm³/mol. The zero-order valence-corrected chi connectivity index (χ0v) is 65.5. The minimum atomic E-state index is -0.149. The van der Waals surface area contributed by atoms with E-state index in [9.17, 15) is 0 Å². The average Bonchev–Trinajstić information content (AvgIpc) is 1.57. The van der Waals surface area contributed by atoms with Gasteiger partial charge in [0.2, 0.25) is 0 Å². The Hall–Kier alpha value is -14.5. The molecular weight excluding hydrogens is 1410 g/mol. The molecule has 548 valence electrons. The summed E-state index contributed by atoms with van der Waals surface area (Å²) >= 11 is 0. The van der Waals surface area contributed by atoms with Crippen molar-refractivity contribution >= 4 is 108 Å². The lowest BCUT2D eigenvalue weighted by atomic mass is 9.79. The first-order chi connectivity index (χ1) is 57.6. The van der Waals surface area contributed by atoms with Gasteiger partial charge in [-0.05, 0) is 232 Å². The van der Waals surface area contributed by atoms with Crippen molar-refractivity contribution in [2.75, 3.05) is 0 Å². The predicted octanol–water partition coefficient (Wildman–Crippen LogP) is 32.4.